The first kappa shape index (κ1) is 21.7. The van der Waals surface area contributed by atoms with E-state index in [1.807, 2.05) is 0 Å². The first-order chi connectivity index (χ1) is 16.2. The van der Waals surface area contributed by atoms with Gasteiger partial charge in [-0.05, 0) is 89.2 Å². The molecule has 6 atom stereocenters. The predicted molar refractivity (Wildman–Crippen MR) is 135 cm³/mol. The number of benzene rings is 2. The van der Waals surface area contributed by atoms with Crippen molar-refractivity contribution in [2.75, 3.05) is 0 Å². The van der Waals surface area contributed by atoms with Crippen LogP contribution in [0.3, 0.4) is 0 Å². The van der Waals surface area contributed by atoms with E-state index in [0.717, 1.165) is 17.4 Å². The van der Waals surface area contributed by atoms with E-state index in [1.165, 1.54) is 112 Å². The van der Waals surface area contributed by atoms with Crippen LogP contribution in [-0.4, -0.2) is 11.1 Å². The summed E-state index contributed by atoms with van der Waals surface area (Å²) in [5.74, 6) is 3.17. The molecule has 6 rings (SSSR count). The lowest BCUT2D eigenvalue weighted by atomic mass is 9.60. The first-order valence-electron chi connectivity index (χ1n) is 14.0. The van der Waals surface area contributed by atoms with Crippen molar-refractivity contribution >= 4 is 16.7 Å². The van der Waals surface area contributed by atoms with Crippen LogP contribution in [0.25, 0.3) is 10.8 Å². The van der Waals surface area contributed by atoms with Crippen molar-refractivity contribution in [3.8, 4) is 0 Å². The molecule has 2 nitrogen and oxygen atoms in total. The molecule has 0 bridgehead atoms. The zero-order valence-corrected chi connectivity index (χ0v) is 20.1. The van der Waals surface area contributed by atoms with Crippen molar-refractivity contribution in [3.63, 3.8) is 0 Å². The van der Waals surface area contributed by atoms with Gasteiger partial charge in [-0.25, -0.2) is 4.79 Å². The Labute approximate surface area is 199 Å². The molecule has 4 aliphatic carbocycles. The van der Waals surface area contributed by atoms with Crippen LogP contribution >= 0.6 is 0 Å². The standard InChI is InChI=1S/C31H40O2/c32-31(33)30-28(26-17-7-12-20-9-1-4-14-23(20)26)19-22-11-3-6-16-25(22)29(30)27-18-8-13-21-10-2-5-15-24(21)27/h3,6,11,16,19-21,23-24,26-27H,1-2,4-5,7-10,12-15,17-18H2,(H,32,33). The summed E-state index contributed by atoms with van der Waals surface area (Å²) in [6.07, 6.45) is 18.3. The number of fused-ring (bicyclic) bond motifs is 3. The lowest BCUT2D eigenvalue weighted by molar-refractivity contribution is 0.0686. The van der Waals surface area contributed by atoms with Gasteiger partial charge in [-0.3, -0.25) is 0 Å². The zero-order valence-electron chi connectivity index (χ0n) is 20.1. The lowest BCUT2D eigenvalue weighted by Gasteiger charge is -2.44. The number of carboxylic acid groups (broad SMARTS) is 1. The van der Waals surface area contributed by atoms with Crippen LogP contribution in [0, 0.1) is 23.7 Å². The van der Waals surface area contributed by atoms with E-state index in [0.29, 0.717) is 23.7 Å². The van der Waals surface area contributed by atoms with Crippen molar-refractivity contribution in [1.82, 2.24) is 0 Å². The maximum atomic E-state index is 13.1. The Morgan fingerprint density at radius 2 is 1.27 bits per heavy atom. The summed E-state index contributed by atoms with van der Waals surface area (Å²) in [4.78, 5) is 13.1. The average Bonchev–Trinajstić information content (AvgIpc) is 2.87. The van der Waals surface area contributed by atoms with E-state index in [9.17, 15) is 9.90 Å². The second-order valence-electron chi connectivity index (χ2n) is 11.8. The van der Waals surface area contributed by atoms with Gasteiger partial charge in [0, 0.05) is 0 Å². The van der Waals surface area contributed by atoms with Gasteiger partial charge in [0.1, 0.15) is 0 Å². The van der Waals surface area contributed by atoms with Gasteiger partial charge in [0.15, 0.2) is 0 Å². The minimum absolute atomic E-state index is 0.422. The van der Waals surface area contributed by atoms with E-state index in [2.05, 4.69) is 30.3 Å². The number of carbonyl (C=O) groups is 1. The molecule has 0 amide bonds. The van der Waals surface area contributed by atoms with E-state index in [-0.39, 0.29) is 0 Å². The third-order valence-corrected chi connectivity index (χ3v) is 10.3. The molecule has 2 aromatic carbocycles. The third-order valence-electron chi connectivity index (χ3n) is 10.3. The Morgan fingerprint density at radius 3 is 1.97 bits per heavy atom. The second kappa shape index (κ2) is 9.08. The van der Waals surface area contributed by atoms with Crippen LogP contribution < -0.4 is 0 Å². The van der Waals surface area contributed by atoms with E-state index in [1.54, 1.807) is 0 Å². The van der Waals surface area contributed by atoms with Crippen LogP contribution in [0.2, 0.25) is 0 Å². The van der Waals surface area contributed by atoms with Gasteiger partial charge in [0.05, 0.1) is 5.56 Å². The van der Waals surface area contributed by atoms with Crippen LogP contribution in [0.5, 0.6) is 0 Å². The molecule has 4 fully saturated rings. The molecule has 2 heteroatoms. The van der Waals surface area contributed by atoms with E-state index >= 15 is 0 Å². The van der Waals surface area contributed by atoms with Gasteiger partial charge in [-0.15, -0.1) is 0 Å². The molecule has 6 unspecified atom stereocenters. The Bertz CT molecular complexity index is 1020. The molecular formula is C31H40O2. The molecular weight excluding hydrogens is 404 g/mol. The second-order valence-corrected chi connectivity index (χ2v) is 11.8. The van der Waals surface area contributed by atoms with Crippen LogP contribution in [-0.2, 0) is 0 Å². The van der Waals surface area contributed by atoms with Crippen molar-refractivity contribution < 1.29 is 9.90 Å². The molecule has 4 saturated carbocycles. The molecule has 2 aromatic rings. The summed E-state index contributed by atoms with van der Waals surface area (Å²) >= 11 is 0. The summed E-state index contributed by atoms with van der Waals surface area (Å²) in [6, 6.07) is 11.0. The predicted octanol–water partition coefficient (Wildman–Crippen LogP) is 8.69. The Kier molecular flexibility index (Phi) is 5.97. The number of aromatic carboxylic acids is 1. The quantitative estimate of drug-likeness (QED) is 0.514. The fourth-order valence-corrected chi connectivity index (χ4v) is 8.94. The van der Waals surface area contributed by atoms with Crippen molar-refractivity contribution in [3.05, 3.63) is 47.0 Å². The van der Waals surface area contributed by atoms with Crippen molar-refractivity contribution in [2.45, 2.75) is 102 Å². The number of rotatable bonds is 3. The topological polar surface area (TPSA) is 37.3 Å². The highest BCUT2D eigenvalue weighted by Gasteiger charge is 2.41. The Morgan fingerprint density at radius 1 is 0.697 bits per heavy atom. The molecule has 0 heterocycles. The molecule has 4 aliphatic rings. The maximum Gasteiger partial charge on any atom is 0.336 e. The van der Waals surface area contributed by atoms with E-state index in [4.69, 9.17) is 0 Å². The Hall–Kier alpha value is -1.83. The largest absolute Gasteiger partial charge is 0.478 e. The number of carboxylic acids is 1. The maximum absolute atomic E-state index is 13.1. The molecule has 33 heavy (non-hydrogen) atoms. The molecule has 0 aliphatic heterocycles. The minimum Gasteiger partial charge on any atom is -0.478 e. The van der Waals surface area contributed by atoms with Crippen molar-refractivity contribution in [2.24, 2.45) is 23.7 Å². The summed E-state index contributed by atoms with van der Waals surface area (Å²) in [7, 11) is 0. The molecule has 176 valence electrons. The molecule has 0 spiro atoms. The van der Waals surface area contributed by atoms with Gasteiger partial charge in [-0.2, -0.15) is 0 Å². The average molecular weight is 445 g/mol. The smallest absolute Gasteiger partial charge is 0.336 e. The molecule has 0 radical (unpaired) electrons. The summed E-state index contributed by atoms with van der Waals surface area (Å²) in [5, 5.41) is 13.3. The van der Waals surface area contributed by atoms with Gasteiger partial charge in [-0.1, -0.05) is 88.5 Å². The monoisotopic (exact) mass is 444 g/mol. The number of hydrogen-bond donors (Lipinski definition) is 1. The van der Waals surface area contributed by atoms with Crippen molar-refractivity contribution in [1.29, 1.82) is 0 Å². The lowest BCUT2D eigenvalue weighted by Crippen LogP contribution is -2.33. The van der Waals surface area contributed by atoms with Crippen LogP contribution in [0.15, 0.2) is 30.3 Å². The highest BCUT2D eigenvalue weighted by molar-refractivity contribution is 6.00. The summed E-state index contributed by atoms with van der Waals surface area (Å²) < 4.78 is 0. The van der Waals surface area contributed by atoms with Gasteiger partial charge in [0.2, 0.25) is 0 Å². The normalized spacial score (nSPS) is 34.4. The van der Waals surface area contributed by atoms with E-state index < -0.39 is 5.97 Å². The van der Waals surface area contributed by atoms with Crippen LogP contribution in [0.1, 0.15) is 123 Å². The fraction of sp³-hybridized carbons (Fsp3) is 0.645. The summed E-state index contributed by atoms with van der Waals surface area (Å²) in [6.45, 7) is 0. The van der Waals surface area contributed by atoms with Gasteiger partial charge >= 0.3 is 5.97 Å². The molecule has 0 aromatic heterocycles. The highest BCUT2D eigenvalue weighted by Crippen LogP contribution is 2.54. The third kappa shape index (κ3) is 3.82. The SMILES string of the molecule is O=C(O)c1c(C2CCCC3CCCCC32)cc2ccccc2c1C1CCCC2CCCCC21. The number of hydrogen-bond acceptors (Lipinski definition) is 1. The molecule has 1 N–H and O–H groups in total. The first-order valence-corrected chi connectivity index (χ1v) is 14.0. The fourth-order valence-electron chi connectivity index (χ4n) is 8.94. The van der Waals surface area contributed by atoms with Gasteiger partial charge < -0.3 is 5.11 Å². The van der Waals surface area contributed by atoms with Crippen LogP contribution in [0.4, 0.5) is 0 Å². The van der Waals surface area contributed by atoms with Gasteiger partial charge in [0.25, 0.3) is 0 Å². The highest BCUT2D eigenvalue weighted by atomic mass is 16.4. The Balaban J connectivity index is 1.54. The zero-order chi connectivity index (χ0) is 22.4. The summed E-state index contributed by atoms with van der Waals surface area (Å²) in [5.41, 5.74) is 3.15. The minimum atomic E-state index is -0.665. The molecule has 0 saturated heterocycles.